The van der Waals surface area contributed by atoms with Crippen LogP contribution < -0.4 is 10.6 Å². The van der Waals surface area contributed by atoms with Crippen molar-refractivity contribution < 1.29 is 18.5 Å². The summed E-state index contributed by atoms with van der Waals surface area (Å²) in [7, 11) is 0. The summed E-state index contributed by atoms with van der Waals surface area (Å²) in [4.78, 5) is 28.9. The predicted octanol–water partition coefficient (Wildman–Crippen LogP) is 3.48. The van der Waals surface area contributed by atoms with E-state index in [9.17, 15) is 14.0 Å². The highest BCUT2D eigenvalue weighted by Crippen LogP contribution is 2.38. The van der Waals surface area contributed by atoms with Crippen molar-refractivity contribution in [3.8, 4) is 0 Å². The smallest absolute Gasteiger partial charge is 0.252 e. The first-order valence-corrected chi connectivity index (χ1v) is 10.0. The second kappa shape index (κ2) is 8.81. The van der Waals surface area contributed by atoms with Gasteiger partial charge < -0.3 is 15.2 Å². The van der Waals surface area contributed by atoms with Crippen LogP contribution in [0, 0.1) is 11.7 Å². The van der Waals surface area contributed by atoms with Crippen molar-refractivity contribution in [1.29, 1.82) is 0 Å². The second-order valence-corrected chi connectivity index (χ2v) is 8.04. The average Bonchev–Trinajstić information content (AvgIpc) is 3.39. The van der Waals surface area contributed by atoms with Crippen molar-refractivity contribution in [3.05, 3.63) is 45.8 Å². The Balaban J connectivity index is 1.51. The molecule has 1 heterocycles. The molecule has 0 radical (unpaired) electrons. The first kappa shape index (κ1) is 20.4. The lowest BCUT2D eigenvalue weighted by Crippen LogP contribution is -2.35. The Morgan fingerprint density at radius 1 is 1.36 bits per heavy atom. The molecule has 2 aromatic rings. The number of hydrogen-bond donors (Lipinski definition) is 2. The van der Waals surface area contributed by atoms with Crippen molar-refractivity contribution >= 4 is 27.7 Å². The SMILES string of the molecule is CC(C)C(NC(=O)CCNC(=O)c1cc(F)ccc1Br)c1nc(C2CC2)no1. The molecule has 150 valence electrons. The maximum Gasteiger partial charge on any atom is 0.252 e. The van der Waals surface area contributed by atoms with E-state index in [1.54, 1.807) is 0 Å². The van der Waals surface area contributed by atoms with Crippen molar-refractivity contribution in [1.82, 2.24) is 20.8 Å². The molecule has 2 N–H and O–H groups in total. The zero-order valence-corrected chi connectivity index (χ0v) is 17.3. The Hall–Kier alpha value is -2.29. The van der Waals surface area contributed by atoms with Crippen LogP contribution in [-0.2, 0) is 4.79 Å². The third-order valence-corrected chi connectivity index (χ3v) is 5.15. The third-order valence-electron chi connectivity index (χ3n) is 4.46. The fourth-order valence-electron chi connectivity index (χ4n) is 2.70. The Morgan fingerprint density at radius 3 is 2.79 bits per heavy atom. The molecule has 1 saturated carbocycles. The minimum absolute atomic E-state index is 0.0642. The Morgan fingerprint density at radius 2 is 2.11 bits per heavy atom. The van der Waals surface area contributed by atoms with E-state index in [0.717, 1.165) is 18.9 Å². The van der Waals surface area contributed by atoms with E-state index in [1.807, 2.05) is 13.8 Å². The number of amides is 2. The van der Waals surface area contributed by atoms with E-state index in [-0.39, 0.29) is 36.4 Å². The summed E-state index contributed by atoms with van der Waals surface area (Å²) in [5.74, 6) is 0.332. The molecule has 1 atom stereocenters. The molecule has 2 amide bonds. The van der Waals surface area contributed by atoms with Crippen LogP contribution in [0.4, 0.5) is 4.39 Å². The van der Waals surface area contributed by atoms with Gasteiger partial charge in [0.05, 0.1) is 5.56 Å². The number of carbonyl (C=O) groups excluding carboxylic acids is 2. The van der Waals surface area contributed by atoms with Gasteiger partial charge in [-0.15, -0.1) is 0 Å². The lowest BCUT2D eigenvalue weighted by molar-refractivity contribution is -0.122. The summed E-state index contributed by atoms with van der Waals surface area (Å²) < 4.78 is 19.1. The summed E-state index contributed by atoms with van der Waals surface area (Å²) in [6.45, 7) is 4.03. The summed E-state index contributed by atoms with van der Waals surface area (Å²) in [5, 5.41) is 9.50. The maximum absolute atomic E-state index is 13.3. The summed E-state index contributed by atoms with van der Waals surface area (Å²) >= 11 is 3.21. The molecule has 9 heteroatoms. The standard InChI is InChI=1S/C19H22BrFN4O3/c1-10(2)16(19-24-17(25-28-19)11-3-4-11)23-15(26)7-8-22-18(27)13-9-12(21)5-6-14(13)20/h5-6,9-11,16H,3-4,7-8H2,1-2H3,(H,22,27)(H,23,26). The lowest BCUT2D eigenvalue weighted by atomic mass is 10.0. The summed E-state index contributed by atoms with van der Waals surface area (Å²) in [5.41, 5.74) is 0.180. The van der Waals surface area contributed by atoms with Gasteiger partial charge in [-0.1, -0.05) is 19.0 Å². The first-order chi connectivity index (χ1) is 13.3. The zero-order chi connectivity index (χ0) is 20.3. The molecule has 1 aromatic heterocycles. The van der Waals surface area contributed by atoms with Crippen LogP contribution in [0.25, 0.3) is 0 Å². The number of benzene rings is 1. The van der Waals surface area contributed by atoms with Gasteiger partial charge in [-0.25, -0.2) is 4.39 Å². The van der Waals surface area contributed by atoms with Gasteiger partial charge in [-0.3, -0.25) is 9.59 Å². The van der Waals surface area contributed by atoms with E-state index in [4.69, 9.17) is 4.52 Å². The average molecular weight is 453 g/mol. The zero-order valence-electron chi connectivity index (χ0n) is 15.7. The van der Waals surface area contributed by atoms with Crippen LogP contribution in [0.1, 0.15) is 67.1 Å². The van der Waals surface area contributed by atoms with Crippen LogP contribution in [0.15, 0.2) is 27.2 Å². The molecule has 0 saturated heterocycles. The number of aromatic nitrogens is 2. The molecule has 0 aliphatic heterocycles. The quantitative estimate of drug-likeness (QED) is 0.638. The summed E-state index contributed by atoms with van der Waals surface area (Å²) in [6, 6.07) is 3.47. The molecule has 0 spiro atoms. The minimum atomic E-state index is -0.504. The van der Waals surface area contributed by atoms with E-state index >= 15 is 0 Å². The van der Waals surface area contributed by atoms with Gasteiger partial charge in [0.2, 0.25) is 11.8 Å². The van der Waals surface area contributed by atoms with Crippen LogP contribution in [0.3, 0.4) is 0 Å². The molecular weight excluding hydrogens is 431 g/mol. The maximum atomic E-state index is 13.3. The van der Waals surface area contributed by atoms with Gasteiger partial charge in [0.15, 0.2) is 5.82 Å². The number of nitrogens with one attached hydrogen (secondary N) is 2. The van der Waals surface area contributed by atoms with Crippen molar-refractivity contribution in [3.63, 3.8) is 0 Å². The van der Waals surface area contributed by atoms with Gasteiger partial charge in [0.1, 0.15) is 11.9 Å². The third kappa shape index (κ3) is 5.15. The Bertz CT molecular complexity index is 867. The van der Waals surface area contributed by atoms with Crippen molar-refractivity contribution in [2.75, 3.05) is 6.54 Å². The molecular formula is C19H22BrFN4O3. The van der Waals surface area contributed by atoms with E-state index in [2.05, 4.69) is 36.7 Å². The molecule has 1 fully saturated rings. The number of carbonyl (C=O) groups is 2. The summed E-state index contributed by atoms with van der Waals surface area (Å²) in [6.07, 6.45) is 2.21. The lowest BCUT2D eigenvalue weighted by Gasteiger charge is -2.18. The van der Waals surface area contributed by atoms with Crippen LogP contribution in [0.5, 0.6) is 0 Å². The highest BCUT2D eigenvalue weighted by Gasteiger charge is 2.31. The largest absolute Gasteiger partial charge is 0.351 e. The minimum Gasteiger partial charge on any atom is -0.351 e. The van der Waals surface area contributed by atoms with Gasteiger partial charge in [-0.2, -0.15) is 4.98 Å². The van der Waals surface area contributed by atoms with E-state index < -0.39 is 11.7 Å². The molecule has 1 unspecified atom stereocenters. The number of nitrogens with zero attached hydrogens (tertiary/aromatic N) is 2. The van der Waals surface area contributed by atoms with Crippen LogP contribution in [-0.4, -0.2) is 28.5 Å². The topological polar surface area (TPSA) is 97.1 Å². The van der Waals surface area contributed by atoms with Crippen molar-refractivity contribution in [2.45, 2.75) is 45.1 Å². The predicted molar refractivity (Wildman–Crippen MR) is 103 cm³/mol. The monoisotopic (exact) mass is 452 g/mol. The first-order valence-electron chi connectivity index (χ1n) is 9.21. The Labute approximate surface area is 170 Å². The number of rotatable bonds is 8. The highest BCUT2D eigenvalue weighted by molar-refractivity contribution is 9.10. The molecule has 1 aromatic carbocycles. The van der Waals surface area contributed by atoms with Gasteiger partial charge >= 0.3 is 0 Å². The van der Waals surface area contributed by atoms with Crippen LogP contribution >= 0.6 is 15.9 Å². The number of hydrogen-bond acceptors (Lipinski definition) is 5. The van der Waals surface area contributed by atoms with Gasteiger partial charge in [0.25, 0.3) is 5.91 Å². The van der Waals surface area contributed by atoms with Gasteiger partial charge in [0, 0.05) is 23.4 Å². The fraction of sp³-hybridized carbons (Fsp3) is 0.474. The molecule has 0 bridgehead atoms. The Kier molecular flexibility index (Phi) is 6.43. The molecule has 1 aliphatic carbocycles. The van der Waals surface area contributed by atoms with Gasteiger partial charge in [-0.05, 0) is 52.9 Å². The van der Waals surface area contributed by atoms with Crippen LogP contribution in [0.2, 0.25) is 0 Å². The molecule has 28 heavy (non-hydrogen) atoms. The van der Waals surface area contributed by atoms with Crippen molar-refractivity contribution in [2.24, 2.45) is 5.92 Å². The molecule has 1 aliphatic rings. The van der Waals surface area contributed by atoms with E-state index in [1.165, 1.54) is 12.1 Å². The number of halogens is 2. The van der Waals surface area contributed by atoms with E-state index in [0.29, 0.717) is 22.1 Å². The second-order valence-electron chi connectivity index (χ2n) is 7.18. The molecule has 3 rings (SSSR count). The fourth-order valence-corrected chi connectivity index (χ4v) is 3.12. The molecule has 7 nitrogen and oxygen atoms in total. The highest BCUT2D eigenvalue weighted by atomic mass is 79.9. The normalized spacial score (nSPS) is 14.8.